The number of benzene rings is 11. The first-order valence-electron chi connectivity index (χ1n) is 20.4. The van der Waals surface area contributed by atoms with Crippen LogP contribution in [0.5, 0.6) is 0 Å². The van der Waals surface area contributed by atoms with Crippen LogP contribution in [-0.2, 0) is 0 Å². The second kappa shape index (κ2) is 14.8. The summed E-state index contributed by atoms with van der Waals surface area (Å²) in [6.07, 6.45) is 4.14. The third-order valence-electron chi connectivity index (χ3n) is 11.9. The lowest BCUT2D eigenvalue weighted by Gasteiger charge is -2.14. The molecule has 0 amide bonds. The number of nitrogens with one attached hydrogen (secondary N) is 1. The van der Waals surface area contributed by atoms with Gasteiger partial charge in [0, 0.05) is 11.1 Å². The lowest BCUT2D eigenvalue weighted by atomic mass is 9.89. The molecular formula is C58H38N2. The highest BCUT2D eigenvalue weighted by Crippen LogP contribution is 2.40. The molecule has 0 atom stereocenters. The largest absolute Gasteiger partial charge is 0.282 e. The van der Waals surface area contributed by atoms with E-state index in [0.29, 0.717) is 0 Å². The summed E-state index contributed by atoms with van der Waals surface area (Å²) in [6, 6.07) is 75.5. The highest BCUT2D eigenvalue weighted by atomic mass is 14.8. The van der Waals surface area contributed by atoms with Gasteiger partial charge in [-0.2, -0.15) is 0 Å². The summed E-state index contributed by atoms with van der Waals surface area (Å²) in [5.41, 5.74) is 8.32. The Hall–Kier alpha value is -7.94. The van der Waals surface area contributed by atoms with Crippen LogP contribution in [0.25, 0.3) is 93.0 Å². The summed E-state index contributed by atoms with van der Waals surface area (Å²) in [6.45, 7) is 0. The first kappa shape index (κ1) is 35.2. The van der Waals surface area contributed by atoms with Crippen molar-refractivity contribution in [3.05, 3.63) is 235 Å². The summed E-state index contributed by atoms with van der Waals surface area (Å²) in [4.78, 5) is 4.95. The Morgan fingerprint density at radius 2 is 0.850 bits per heavy atom. The van der Waals surface area contributed by atoms with E-state index >= 15 is 0 Å². The van der Waals surface area contributed by atoms with Gasteiger partial charge in [-0.1, -0.05) is 206 Å². The minimum atomic E-state index is 0.224. The SMILES string of the molecule is N=C(N=C(/C=C/c1ccc(-c2ccc(-c3c4ccccc4cc4c3ccc3ccccc34)cc2)cc1)c1ccc2c3ccccc3c3ccccc3c2c1)c1ccccc1. The van der Waals surface area contributed by atoms with Crippen molar-refractivity contribution in [1.82, 2.24) is 0 Å². The van der Waals surface area contributed by atoms with Crippen LogP contribution < -0.4 is 0 Å². The number of allylic oxidation sites excluding steroid dienone is 1. The van der Waals surface area contributed by atoms with Crippen LogP contribution in [0.15, 0.2) is 223 Å². The van der Waals surface area contributed by atoms with Crippen molar-refractivity contribution < 1.29 is 0 Å². The van der Waals surface area contributed by atoms with Gasteiger partial charge in [0.05, 0.1) is 5.71 Å². The zero-order chi connectivity index (χ0) is 40.0. The van der Waals surface area contributed by atoms with Gasteiger partial charge in [-0.05, 0) is 111 Å². The highest BCUT2D eigenvalue weighted by Gasteiger charge is 2.14. The Morgan fingerprint density at radius 3 is 1.53 bits per heavy atom. The molecule has 0 spiro atoms. The lowest BCUT2D eigenvalue weighted by molar-refractivity contribution is 1.41. The van der Waals surface area contributed by atoms with Crippen LogP contribution in [-0.4, -0.2) is 11.5 Å². The van der Waals surface area contributed by atoms with Gasteiger partial charge in [0.2, 0.25) is 0 Å². The van der Waals surface area contributed by atoms with E-state index in [-0.39, 0.29) is 5.84 Å². The van der Waals surface area contributed by atoms with Crippen molar-refractivity contribution in [3.63, 3.8) is 0 Å². The van der Waals surface area contributed by atoms with Crippen LogP contribution in [0.2, 0.25) is 0 Å². The molecule has 0 saturated heterocycles. The molecule has 2 heteroatoms. The highest BCUT2D eigenvalue weighted by molar-refractivity contribution is 6.27. The Bertz CT molecular complexity index is 3490. The van der Waals surface area contributed by atoms with Gasteiger partial charge in [0.25, 0.3) is 0 Å². The molecule has 0 fully saturated rings. The van der Waals surface area contributed by atoms with E-state index < -0.39 is 0 Å². The maximum absolute atomic E-state index is 8.98. The van der Waals surface area contributed by atoms with Crippen molar-refractivity contribution in [2.45, 2.75) is 0 Å². The molecule has 11 aromatic rings. The van der Waals surface area contributed by atoms with Crippen LogP contribution in [0.3, 0.4) is 0 Å². The summed E-state index contributed by atoms with van der Waals surface area (Å²) in [7, 11) is 0. The van der Waals surface area contributed by atoms with Gasteiger partial charge in [-0.15, -0.1) is 0 Å². The maximum atomic E-state index is 8.98. The van der Waals surface area contributed by atoms with Crippen LogP contribution in [0, 0.1) is 5.41 Å². The third kappa shape index (κ3) is 6.23. The molecule has 11 rings (SSSR count). The Labute approximate surface area is 348 Å². The number of amidine groups is 1. The van der Waals surface area contributed by atoms with Crippen molar-refractivity contribution >= 4 is 82.3 Å². The summed E-state index contributed by atoms with van der Waals surface area (Å²) in [5.74, 6) is 0.224. The molecular weight excluding hydrogens is 725 g/mol. The first-order chi connectivity index (χ1) is 29.7. The van der Waals surface area contributed by atoms with Crippen molar-refractivity contribution in [1.29, 1.82) is 5.41 Å². The predicted molar refractivity (Wildman–Crippen MR) is 258 cm³/mol. The van der Waals surface area contributed by atoms with Crippen molar-refractivity contribution in [2.75, 3.05) is 0 Å². The molecule has 11 aromatic carbocycles. The van der Waals surface area contributed by atoms with Crippen LogP contribution >= 0.6 is 0 Å². The molecule has 0 aromatic heterocycles. The van der Waals surface area contributed by atoms with E-state index in [9.17, 15) is 0 Å². The van der Waals surface area contributed by atoms with E-state index in [1.807, 2.05) is 36.4 Å². The van der Waals surface area contributed by atoms with Crippen molar-refractivity contribution in [2.24, 2.45) is 4.99 Å². The Morgan fingerprint density at radius 1 is 0.350 bits per heavy atom. The van der Waals surface area contributed by atoms with E-state index in [4.69, 9.17) is 10.4 Å². The standard InChI is InChI=1S/C58H38N2/c59-58(43-13-2-1-3-14-43)60-56(45-32-33-52-50-20-9-8-18-48(50)49-19-10-11-21-51(49)55(52)37-45)35-24-38-22-25-39(26-23-38)40-27-29-42(30-28-40)57-47-17-7-5-15-44(47)36-54-46-16-6-4-12-41(46)31-34-53(54)57/h1-37,59H/b35-24+,59-58?,60-56?. The summed E-state index contributed by atoms with van der Waals surface area (Å²) >= 11 is 0. The number of aliphatic imine (C=N–C) groups is 1. The topological polar surface area (TPSA) is 36.2 Å². The fourth-order valence-corrected chi connectivity index (χ4v) is 8.97. The van der Waals surface area contributed by atoms with E-state index in [1.165, 1.54) is 81.3 Å². The Kier molecular flexibility index (Phi) is 8.68. The fraction of sp³-hybridized carbons (Fsp3) is 0. The number of hydrogen-bond donors (Lipinski definition) is 1. The van der Waals surface area contributed by atoms with Gasteiger partial charge in [0.1, 0.15) is 0 Å². The second-order valence-corrected chi connectivity index (χ2v) is 15.5. The molecule has 60 heavy (non-hydrogen) atoms. The number of rotatable bonds is 6. The molecule has 0 unspecified atom stereocenters. The summed E-state index contributed by atoms with van der Waals surface area (Å²) in [5, 5.41) is 23.9. The molecule has 0 radical (unpaired) electrons. The predicted octanol–water partition coefficient (Wildman–Crippen LogP) is 15.5. The third-order valence-corrected chi connectivity index (χ3v) is 11.9. The molecule has 1 N–H and O–H groups in total. The molecule has 280 valence electrons. The van der Waals surface area contributed by atoms with Crippen LogP contribution in [0.4, 0.5) is 0 Å². The van der Waals surface area contributed by atoms with Gasteiger partial charge in [-0.25, -0.2) is 4.99 Å². The zero-order valence-corrected chi connectivity index (χ0v) is 32.8. The fourth-order valence-electron chi connectivity index (χ4n) is 8.97. The molecule has 0 bridgehead atoms. The molecule has 0 aliphatic carbocycles. The minimum Gasteiger partial charge on any atom is -0.282 e. The first-order valence-corrected chi connectivity index (χ1v) is 20.4. The molecule has 2 nitrogen and oxygen atoms in total. The van der Waals surface area contributed by atoms with Gasteiger partial charge in [0.15, 0.2) is 5.84 Å². The molecule has 0 aliphatic rings. The van der Waals surface area contributed by atoms with E-state index in [2.05, 4.69) is 188 Å². The van der Waals surface area contributed by atoms with Gasteiger partial charge in [-0.3, -0.25) is 5.41 Å². The summed E-state index contributed by atoms with van der Waals surface area (Å²) < 4.78 is 0. The average Bonchev–Trinajstić information content (AvgIpc) is 3.32. The molecule has 0 aliphatic heterocycles. The molecule has 0 saturated carbocycles. The maximum Gasteiger partial charge on any atom is 0.152 e. The number of hydrogen-bond acceptors (Lipinski definition) is 1. The number of nitrogens with zero attached hydrogens (tertiary/aromatic N) is 1. The zero-order valence-electron chi connectivity index (χ0n) is 32.8. The van der Waals surface area contributed by atoms with Gasteiger partial charge < -0.3 is 0 Å². The normalized spacial score (nSPS) is 12.1. The average molecular weight is 763 g/mol. The van der Waals surface area contributed by atoms with E-state index in [0.717, 1.165) is 28.0 Å². The number of fused-ring (bicyclic) bond motifs is 10. The van der Waals surface area contributed by atoms with Crippen LogP contribution in [0.1, 0.15) is 16.7 Å². The Balaban J connectivity index is 0.939. The minimum absolute atomic E-state index is 0.224. The van der Waals surface area contributed by atoms with Crippen molar-refractivity contribution in [3.8, 4) is 22.3 Å². The monoisotopic (exact) mass is 762 g/mol. The quantitative estimate of drug-likeness (QED) is 0.0758. The van der Waals surface area contributed by atoms with E-state index in [1.54, 1.807) is 0 Å². The smallest absolute Gasteiger partial charge is 0.152 e. The second-order valence-electron chi connectivity index (χ2n) is 15.5. The molecule has 0 heterocycles. The van der Waals surface area contributed by atoms with Gasteiger partial charge >= 0.3 is 0 Å². The lowest BCUT2D eigenvalue weighted by Crippen LogP contribution is -2.04.